The summed E-state index contributed by atoms with van der Waals surface area (Å²) in [6.45, 7) is 1.87. The lowest BCUT2D eigenvalue weighted by molar-refractivity contribution is -0.116. The van der Waals surface area contributed by atoms with Crippen LogP contribution in [0.25, 0.3) is 17.1 Å². The van der Waals surface area contributed by atoms with E-state index < -0.39 is 5.97 Å². The summed E-state index contributed by atoms with van der Waals surface area (Å²) >= 11 is 0. The van der Waals surface area contributed by atoms with Gasteiger partial charge in [-0.15, -0.1) is 0 Å². The number of aryl methyl sites for hydroxylation is 1. The molecule has 2 aromatic carbocycles. The Labute approximate surface area is 164 Å². The van der Waals surface area contributed by atoms with Crippen molar-refractivity contribution >= 4 is 28.8 Å². The summed E-state index contributed by atoms with van der Waals surface area (Å²) in [5, 5.41) is 16.6. The number of nitrogens with one attached hydrogen (secondary N) is 1. The summed E-state index contributed by atoms with van der Waals surface area (Å²) in [6, 6.07) is 14.2. The molecular formula is C21H16N4O4. The van der Waals surface area contributed by atoms with Crippen LogP contribution < -0.4 is 5.32 Å². The number of fused-ring (bicyclic) bond motifs is 2. The molecule has 0 bridgehead atoms. The normalized spacial score (nSPS) is 15.9. The Balaban J connectivity index is 1.63. The van der Waals surface area contributed by atoms with Gasteiger partial charge in [0.05, 0.1) is 11.3 Å². The van der Waals surface area contributed by atoms with Crippen molar-refractivity contribution in [2.75, 3.05) is 5.32 Å². The fourth-order valence-corrected chi connectivity index (χ4v) is 3.78. The minimum atomic E-state index is -0.987. The molecule has 144 valence electrons. The SMILES string of the molecule is Cc1nn(-c2nc3ccccc3o2)c2c1[C@H](c1ccc(C(=O)O)cc1)CC(=O)N2. The topological polar surface area (TPSA) is 110 Å². The number of amides is 1. The maximum atomic E-state index is 12.5. The van der Waals surface area contributed by atoms with Crippen molar-refractivity contribution in [2.24, 2.45) is 0 Å². The highest BCUT2D eigenvalue weighted by Gasteiger charge is 2.33. The number of anilines is 1. The van der Waals surface area contributed by atoms with Crippen LogP contribution >= 0.6 is 0 Å². The van der Waals surface area contributed by atoms with E-state index in [0.29, 0.717) is 16.9 Å². The van der Waals surface area contributed by atoms with E-state index in [2.05, 4.69) is 15.4 Å². The van der Waals surface area contributed by atoms with Crippen LogP contribution in [0.1, 0.15) is 39.5 Å². The monoisotopic (exact) mass is 388 g/mol. The van der Waals surface area contributed by atoms with Crippen LogP contribution in [0.2, 0.25) is 0 Å². The Bertz CT molecular complexity index is 1240. The van der Waals surface area contributed by atoms with Crippen LogP contribution in [0.15, 0.2) is 52.9 Å². The summed E-state index contributed by atoms with van der Waals surface area (Å²) in [6.07, 6.45) is 0.250. The number of carboxylic acid groups (broad SMARTS) is 1. The second-order valence-electron chi connectivity index (χ2n) is 6.96. The summed E-state index contributed by atoms with van der Waals surface area (Å²) < 4.78 is 7.34. The van der Waals surface area contributed by atoms with Gasteiger partial charge in [-0.1, -0.05) is 24.3 Å². The van der Waals surface area contributed by atoms with E-state index in [0.717, 1.165) is 16.8 Å². The van der Waals surface area contributed by atoms with Crippen molar-refractivity contribution in [1.29, 1.82) is 0 Å². The molecule has 1 atom stereocenters. The minimum absolute atomic E-state index is 0.151. The number of oxazole rings is 1. The van der Waals surface area contributed by atoms with Gasteiger partial charge in [0.15, 0.2) is 5.58 Å². The van der Waals surface area contributed by atoms with Gasteiger partial charge in [0.25, 0.3) is 0 Å². The highest BCUT2D eigenvalue weighted by Crippen LogP contribution is 2.40. The molecule has 0 saturated carbocycles. The van der Waals surface area contributed by atoms with Gasteiger partial charge < -0.3 is 14.8 Å². The molecule has 0 saturated heterocycles. The molecule has 8 heteroatoms. The zero-order chi connectivity index (χ0) is 20.1. The van der Waals surface area contributed by atoms with Crippen LogP contribution in [0.4, 0.5) is 5.82 Å². The first-order chi connectivity index (χ1) is 14.0. The van der Waals surface area contributed by atoms with E-state index in [1.807, 2.05) is 31.2 Å². The first kappa shape index (κ1) is 17.2. The van der Waals surface area contributed by atoms with Gasteiger partial charge in [-0.25, -0.2) is 4.79 Å². The van der Waals surface area contributed by atoms with E-state index >= 15 is 0 Å². The molecule has 0 spiro atoms. The van der Waals surface area contributed by atoms with Gasteiger partial charge in [0, 0.05) is 17.9 Å². The molecule has 0 aliphatic carbocycles. The predicted molar refractivity (Wildman–Crippen MR) is 104 cm³/mol. The Kier molecular flexibility index (Phi) is 3.73. The number of carbonyl (C=O) groups is 2. The molecule has 5 rings (SSSR count). The van der Waals surface area contributed by atoms with Crippen LogP contribution in [-0.4, -0.2) is 31.7 Å². The third-order valence-electron chi connectivity index (χ3n) is 5.13. The minimum Gasteiger partial charge on any atom is -0.478 e. The molecule has 1 aliphatic heterocycles. The lowest BCUT2D eigenvalue weighted by atomic mass is 9.85. The molecule has 2 aromatic heterocycles. The van der Waals surface area contributed by atoms with E-state index in [4.69, 9.17) is 9.52 Å². The molecule has 29 heavy (non-hydrogen) atoms. The second kappa shape index (κ2) is 6.30. The van der Waals surface area contributed by atoms with Crippen molar-refractivity contribution in [3.05, 3.63) is 70.9 Å². The first-order valence-corrected chi connectivity index (χ1v) is 9.10. The fourth-order valence-electron chi connectivity index (χ4n) is 3.78. The molecule has 1 amide bonds. The number of aromatic nitrogens is 3. The van der Waals surface area contributed by atoms with Crippen molar-refractivity contribution < 1.29 is 19.1 Å². The number of carboxylic acids is 1. The number of benzene rings is 2. The van der Waals surface area contributed by atoms with Gasteiger partial charge in [-0.3, -0.25) is 4.79 Å². The number of aromatic carboxylic acids is 1. The predicted octanol–water partition coefficient (Wildman–Crippen LogP) is 3.49. The third kappa shape index (κ3) is 2.77. The maximum Gasteiger partial charge on any atom is 0.335 e. The summed E-state index contributed by atoms with van der Waals surface area (Å²) in [5.41, 5.74) is 4.00. The van der Waals surface area contributed by atoms with E-state index in [-0.39, 0.29) is 29.8 Å². The molecule has 0 fully saturated rings. The summed E-state index contributed by atoms with van der Waals surface area (Å²) in [4.78, 5) is 28.1. The van der Waals surface area contributed by atoms with Crippen LogP contribution in [0.5, 0.6) is 0 Å². The fraction of sp³-hybridized carbons (Fsp3) is 0.143. The van der Waals surface area contributed by atoms with E-state index in [1.165, 1.54) is 4.68 Å². The lowest BCUT2D eigenvalue weighted by Gasteiger charge is -2.24. The average molecular weight is 388 g/mol. The number of hydrogen-bond acceptors (Lipinski definition) is 5. The lowest BCUT2D eigenvalue weighted by Crippen LogP contribution is -2.25. The molecule has 8 nitrogen and oxygen atoms in total. The van der Waals surface area contributed by atoms with Gasteiger partial charge >= 0.3 is 12.0 Å². The Morgan fingerprint density at radius 2 is 1.97 bits per heavy atom. The van der Waals surface area contributed by atoms with Crippen molar-refractivity contribution in [3.8, 4) is 6.01 Å². The van der Waals surface area contributed by atoms with Gasteiger partial charge in [0.1, 0.15) is 11.3 Å². The van der Waals surface area contributed by atoms with E-state index in [9.17, 15) is 9.59 Å². The Morgan fingerprint density at radius 3 is 2.69 bits per heavy atom. The summed E-state index contributed by atoms with van der Waals surface area (Å²) in [7, 11) is 0. The molecular weight excluding hydrogens is 372 g/mol. The number of rotatable bonds is 3. The summed E-state index contributed by atoms with van der Waals surface area (Å²) in [5.74, 6) is -0.849. The Hall–Kier alpha value is -3.94. The molecule has 4 aromatic rings. The van der Waals surface area contributed by atoms with Crippen LogP contribution in [0, 0.1) is 6.92 Å². The first-order valence-electron chi connectivity index (χ1n) is 9.10. The van der Waals surface area contributed by atoms with Crippen molar-refractivity contribution in [2.45, 2.75) is 19.3 Å². The Morgan fingerprint density at radius 1 is 1.21 bits per heavy atom. The van der Waals surface area contributed by atoms with Crippen molar-refractivity contribution in [3.63, 3.8) is 0 Å². The molecule has 1 aliphatic rings. The van der Waals surface area contributed by atoms with Gasteiger partial charge in [0.2, 0.25) is 5.91 Å². The van der Waals surface area contributed by atoms with Gasteiger partial charge in [-0.2, -0.15) is 14.8 Å². The average Bonchev–Trinajstić information content (AvgIpc) is 3.28. The molecule has 0 radical (unpaired) electrons. The second-order valence-corrected chi connectivity index (χ2v) is 6.96. The zero-order valence-electron chi connectivity index (χ0n) is 15.4. The number of carbonyl (C=O) groups excluding carboxylic acids is 1. The zero-order valence-corrected chi connectivity index (χ0v) is 15.4. The van der Waals surface area contributed by atoms with Crippen LogP contribution in [-0.2, 0) is 4.79 Å². The quantitative estimate of drug-likeness (QED) is 0.556. The molecule has 2 N–H and O–H groups in total. The van der Waals surface area contributed by atoms with Crippen LogP contribution in [0.3, 0.4) is 0 Å². The highest BCUT2D eigenvalue weighted by atomic mass is 16.4. The maximum absolute atomic E-state index is 12.5. The highest BCUT2D eigenvalue weighted by molar-refractivity contribution is 5.95. The number of para-hydroxylation sites is 2. The van der Waals surface area contributed by atoms with E-state index in [1.54, 1.807) is 24.3 Å². The van der Waals surface area contributed by atoms with Crippen molar-refractivity contribution in [1.82, 2.24) is 14.8 Å². The van der Waals surface area contributed by atoms with Gasteiger partial charge in [-0.05, 0) is 36.8 Å². The third-order valence-corrected chi connectivity index (χ3v) is 5.13. The standard InChI is InChI=1S/C21H16N4O4/c1-11-18-14(12-6-8-13(9-7-12)20(27)28)10-17(26)23-19(18)25(24-11)21-22-15-4-2-3-5-16(15)29-21/h2-9,14H,10H2,1H3,(H,23,26)(H,27,28)/t14-/m0/s1. The molecule has 0 unspecified atom stereocenters. The number of nitrogens with zero attached hydrogens (tertiary/aromatic N) is 3. The molecule has 3 heterocycles. The number of hydrogen-bond donors (Lipinski definition) is 2. The smallest absolute Gasteiger partial charge is 0.335 e. The largest absolute Gasteiger partial charge is 0.478 e.